The van der Waals surface area contributed by atoms with Gasteiger partial charge in [-0.15, -0.1) is 0 Å². The van der Waals surface area contributed by atoms with Crippen LogP contribution >= 0.6 is 0 Å². The molecular formula is C16H26N2O3. The zero-order chi connectivity index (χ0) is 15.1. The predicted octanol–water partition coefficient (Wildman–Crippen LogP) is 2.87. The maximum Gasteiger partial charge on any atom is 0.211 e. The van der Waals surface area contributed by atoms with Crippen molar-refractivity contribution in [2.24, 2.45) is 0 Å². The first kappa shape index (κ1) is 15.0. The van der Waals surface area contributed by atoms with E-state index in [9.17, 15) is 0 Å². The summed E-state index contributed by atoms with van der Waals surface area (Å²) in [6, 6.07) is 0.194. The first-order valence-corrected chi connectivity index (χ1v) is 7.88. The Morgan fingerprint density at radius 1 is 1.19 bits per heavy atom. The summed E-state index contributed by atoms with van der Waals surface area (Å²) < 4.78 is 17.5. The van der Waals surface area contributed by atoms with Gasteiger partial charge in [0, 0.05) is 31.3 Å². The fourth-order valence-corrected chi connectivity index (χ4v) is 3.02. The zero-order valence-corrected chi connectivity index (χ0v) is 13.5. The summed E-state index contributed by atoms with van der Waals surface area (Å²) in [5, 5.41) is 0. The lowest BCUT2D eigenvalue weighted by Gasteiger charge is -2.39. The molecule has 0 amide bonds. The van der Waals surface area contributed by atoms with Crippen LogP contribution in [0.5, 0.6) is 0 Å². The molecule has 118 valence electrons. The molecule has 0 N–H and O–H groups in total. The second-order valence-corrected chi connectivity index (χ2v) is 7.13. The fraction of sp³-hybridized carbons (Fsp3) is 0.812. The van der Waals surface area contributed by atoms with Gasteiger partial charge in [0.2, 0.25) is 5.89 Å². The average molecular weight is 294 g/mol. The number of hydrogen-bond donors (Lipinski definition) is 0. The predicted molar refractivity (Wildman–Crippen MR) is 79.1 cm³/mol. The van der Waals surface area contributed by atoms with Crippen LogP contribution in [0.2, 0.25) is 0 Å². The van der Waals surface area contributed by atoms with Gasteiger partial charge in [-0.3, -0.25) is 4.90 Å². The number of piperidine rings is 1. The number of likely N-dealkylation sites (tertiary alicyclic amines) is 1. The SMILES string of the molecule is CC(c1ncc(C(C)(C)C)o1)N1CCC2(CC1)OCCO2. The molecule has 2 fully saturated rings. The van der Waals surface area contributed by atoms with E-state index in [2.05, 4.69) is 37.6 Å². The Labute approximate surface area is 126 Å². The Hall–Kier alpha value is -0.910. The third-order valence-corrected chi connectivity index (χ3v) is 4.54. The molecule has 3 heterocycles. The Morgan fingerprint density at radius 3 is 2.33 bits per heavy atom. The van der Waals surface area contributed by atoms with Crippen molar-refractivity contribution in [2.75, 3.05) is 26.3 Å². The average Bonchev–Trinajstić information content (AvgIpc) is 3.08. The highest BCUT2D eigenvalue weighted by Gasteiger charge is 2.41. The molecule has 1 atom stereocenters. The lowest BCUT2D eigenvalue weighted by molar-refractivity contribution is -0.188. The lowest BCUT2D eigenvalue weighted by Crippen LogP contribution is -2.45. The summed E-state index contributed by atoms with van der Waals surface area (Å²) in [7, 11) is 0. The number of oxazole rings is 1. The lowest BCUT2D eigenvalue weighted by atomic mass is 9.94. The van der Waals surface area contributed by atoms with Crippen molar-refractivity contribution in [3.8, 4) is 0 Å². The Morgan fingerprint density at radius 2 is 1.81 bits per heavy atom. The van der Waals surface area contributed by atoms with E-state index in [1.165, 1.54) is 0 Å². The topological polar surface area (TPSA) is 47.7 Å². The van der Waals surface area contributed by atoms with Crippen LogP contribution in [0.25, 0.3) is 0 Å². The van der Waals surface area contributed by atoms with E-state index in [1.54, 1.807) is 0 Å². The van der Waals surface area contributed by atoms with Crippen LogP contribution in [0.3, 0.4) is 0 Å². The van der Waals surface area contributed by atoms with E-state index in [1.807, 2.05) is 6.20 Å². The number of nitrogens with zero attached hydrogens (tertiary/aromatic N) is 2. The highest BCUT2D eigenvalue weighted by Crippen LogP contribution is 2.35. The first-order valence-electron chi connectivity index (χ1n) is 7.88. The van der Waals surface area contributed by atoms with E-state index in [-0.39, 0.29) is 17.2 Å². The molecule has 2 aliphatic rings. The summed E-state index contributed by atoms with van der Waals surface area (Å²) in [6.07, 6.45) is 3.70. The van der Waals surface area contributed by atoms with Gasteiger partial charge < -0.3 is 13.9 Å². The van der Waals surface area contributed by atoms with Gasteiger partial charge in [0.25, 0.3) is 0 Å². The molecule has 1 aromatic heterocycles. The van der Waals surface area contributed by atoms with Crippen molar-refractivity contribution in [2.45, 2.75) is 57.8 Å². The Bertz CT molecular complexity index is 476. The second-order valence-electron chi connectivity index (χ2n) is 7.13. The Kier molecular flexibility index (Phi) is 3.84. The summed E-state index contributed by atoms with van der Waals surface area (Å²) in [5.74, 6) is 1.44. The second kappa shape index (κ2) is 5.38. The third kappa shape index (κ3) is 3.00. The summed E-state index contributed by atoms with van der Waals surface area (Å²) in [5.41, 5.74) is 0.00243. The van der Waals surface area contributed by atoms with Gasteiger partial charge in [0.1, 0.15) is 5.76 Å². The van der Waals surface area contributed by atoms with E-state index >= 15 is 0 Å². The van der Waals surface area contributed by atoms with Crippen LogP contribution in [0.4, 0.5) is 0 Å². The molecule has 1 spiro atoms. The monoisotopic (exact) mass is 294 g/mol. The number of hydrogen-bond acceptors (Lipinski definition) is 5. The van der Waals surface area contributed by atoms with Crippen molar-refractivity contribution in [1.29, 1.82) is 0 Å². The van der Waals surface area contributed by atoms with Crippen LogP contribution in [-0.4, -0.2) is 42.0 Å². The van der Waals surface area contributed by atoms with Gasteiger partial charge in [-0.25, -0.2) is 4.98 Å². The number of rotatable bonds is 2. The van der Waals surface area contributed by atoms with Crippen LogP contribution < -0.4 is 0 Å². The maximum absolute atomic E-state index is 5.96. The van der Waals surface area contributed by atoms with Gasteiger partial charge in [-0.05, 0) is 6.92 Å². The fourth-order valence-electron chi connectivity index (χ4n) is 3.02. The molecule has 1 aromatic rings. The van der Waals surface area contributed by atoms with Gasteiger partial charge in [-0.2, -0.15) is 0 Å². The van der Waals surface area contributed by atoms with Crippen molar-refractivity contribution in [3.63, 3.8) is 0 Å². The minimum Gasteiger partial charge on any atom is -0.443 e. The van der Waals surface area contributed by atoms with Crippen molar-refractivity contribution in [1.82, 2.24) is 9.88 Å². The van der Waals surface area contributed by atoms with E-state index in [0.29, 0.717) is 0 Å². The molecular weight excluding hydrogens is 268 g/mol. The molecule has 0 aromatic carbocycles. The maximum atomic E-state index is 5.96. The van der Waals surface area contributed by atoms with Crippen molar-refractivity contribution in [3.05, 3.63) is 17.8 Å². The molecule has 21 heavy (non-hydrogen) atoms. The molecule has 5 heteroatoms. The molecule has 2 saturated heterocycles. The molecule has 0 saturated carbocycles. The molecule has 5 nitrogen and oxygen atoms in total. The molecule has 2 aliphatic heterocycles. The zero-order valence-electron chi connectivity index (χ0n) is 13.5. The molecule has 0 bridgehead atoms. The highest BCUT2D eigenvalue weighted by atomic mass is 16.7. The normalized spacial score (nSPS) is 24.6. The van der Waals surface area contributed by atoms with Gasteiger partial charge in [-0.1, -0.05) is 20.8 Å². The van der Waals surface area contributed by atoms with E-state index in [4.69, 9.17) is 13.9 Å². The van der Waals surface area contributed by atoms with Crippen LogP contribution in [0.1, 0.15) is 58.2 Å². The largest absolute Gasteiger partial charge is 0.443 e. The summed E-state index contributed by atoms with van der Waals surface area (Å²) in [6.45, 7) is 11.9. The summed E-state index contributed by atoms with van der Waals surface area (Å²) in [4.78, 5) is 6.87. The molecule has 0 radical (unpaired) electrons. The quantitative estimate of drug-likeness (QED) is 0.839. The number of ether oxygens (including phenoxy) is 2. The van der Waals surface area contributed by atoms with Gasteiger partial charge >= 0.3 is 0 Å². The van der Waals surface area contributed by atoms with Gasteiger partial charge in [0.15, 0.2) is 5.79 Å². The minimum atomic E-state index is -0.316. The first-order chi connectivity index (χ1) is 9.90. The van der Waals surface area contributed by atoms with E-state index in [0.717, 1.165) is 50.8 Å². The Balaban J connectivity index is 1.63. The standard InChI is InChI=1S/C16H26N2O3/c1-12(14-17-11-13(21-14)15(2,3)4)18-7-5-16(6-8-18)19-9-10-20-16/h11-12H,5-10H2,1-4H3. The van der Waals surface area contributed by atoms with Crippen LogP contribution in [-0.2, 0) is 14.9 Å². The van der Waals surface area contributed by atoms with Crippen LogP contribution in [0, 0.1) is 0 Å². The van der Waals surface area contributed by atoms with Crippen molar-refractivity contribution >= 4 is 0 Å². The third-order valence-electron chi connectivity index (χ3n) is 4.54. The van der Waals surface area contributed by atoms with E-state index < -0.39 is 0 Å². The molecule has 0 aliphatic carbocycles. The summed E-state index contributed by atoms with van der Waals surface area (Å²) >= 11 is 0. The smallest absolute Gasteiger partial charge is 0.211 e. The minimum absolute atomic E-state index is 0.00243. The van der Waals surface area contributed by atoms with Crippen molar-refractivity contribution < 1.29 is 13.9 Å². The molecule has 1 unspecified atom stereocenters. The van der Waals surface area contributed by atoms with Crippen LogP contribution in [0.15, 0.2) is 10.6 Å². The highest BCUT2D eigenvalue weighted by molar-refractivity contribution is 5.07. The molecule has 3 rings (SSSR count). The number of aromatic nitrogens is 1. The van der Waals surface area contributed by atoms with Gasteiger partial charge in [0.05, 0.1) is 25.5 Å².